The van der Waals surface area contributed by atoms with Crippen molar-refractivity contribution in [3.05, 3.63) is 87.7 Å². The Bertz CT molecular complexity index is 1420. The first-order chi connectivity index (χ1) is 18.0. The van der Waals surface area contributed by atoms with Crippen molar-refractivity contribution in [2.24, 2.45) is 0 Å². The van der Waals surface area contributed by atoms with Gasteiger partial charge in [0, 0.05) is 30.0 Å². The molecule has 1 aromatic heterocycles. The van der Waals surface area contributed by atoms with Crippen LogP contribution in [-0.4, -0.2) is 50.1 Å². The fourth-order valence-corrected chi connectivity index (χ4v) is 5.09. The fourth-order valence-electron chi connectivity index (χ4n) is 4.93. The number of Topliss-reactive ketones (excluding diaryl/α,β-unsaturated/α-hetero) is 1. The van der Waals surface area contributed by atoms with Crippen molar-refractivity contribution >= 4 is 40.9 Å². The van der Waals surface area contributed by atoms with E-state index >= 15 is 0 Å². The second-order valence-corrected chi connectivity index (χ2v) is 9.96. The van der Waals surface area contributed by atoms with Crippen molar-refractivity contribution < 1.29 is 19.2 Å². The van der Waals surface area contributed by atoms with Crippen LogP contribution in [0.3, 0.4) is 0 Å². The van der Waals surface area contributed by atoms with Gasteiger partial charge in [0.2, 0.25) is 0 Å². The van der Waals surface area contributed by atoms with Gasteiger partial charge in [0.15, 0.2) is 11.8 Å². The maximum absolute atomic E-state index is 14.0. The number of carbonyl (C=O) groups excluding carboxylic acids is 4. The number of carbonyl (C=O) groups is 4. The molecule has 8 nitrogen and oxygen atoms in total. The van der Waals surface area contributed by atoms with Crippen LogP contribution in [0.1, 0.15) is 46.7 Å². The summed E-state index contributed by atoms with van der Waals surface area (Å²) in [5.74, 6) is -2.05. The predicted octanol–water partition coefficient (Wildman–Crippen LogP) is 5.13. The summed E-state index contributed by atoms with van der Waals surface area (Å²) in [6, 6.07) is 12.8. The number of imide groups is 1. The monoisotopic (exact) mass is 534 g/mol. The van der Waals surface area contributed by atoms with Crippen LogP contribution in [0, 0.1) is 20.8 Å². The van der Waals surface area contributed by atoms with E-state index in [1.807, 2.05) is 55.7 Å². The Kier molecular flexibility index (Phi) is 7.73. The van der Waals surface area contributed by atoms with Crippen LogP contribution in [-0.2, 0) is 22.7 Å². The van der Waals surface area contributed by atoms with Gasteiger partial charge in [-0.05, 0) is 63.9 Å². The molecule has 3 aromatic rings. The van der Waals surface area contributed by atoms with Crippen LogP contribution in [0.25, 0.3) is 0 Å². The average molecular weight is 535 g/mol. The van der Waals surface area contributed by atoms with E-state index in [9.17, 15) is 19.2 Å². The van der Waals surface area contributed by atoms with E-state index in [1.165, 1.54) is 4.90 Å². The highest BCUT2D eigenvalue weighted by molar-refractivity contribution is 6.34. The highest BCUT2D eigenvalue weighted by Gasteiger charge is 2.51. The number of nitrogens with one attached hydrogen (secondary N) is 1. The minimum Gasteiger partial charge on any atom is -0.349 e. The SMILES string of the molecule is CCn1c(C)cc(C(=O)C(C(=O)Nc2cc(C)ccc2Cl)N2C(=O)C(C)N(Cc3ccccc3)C2=O)c1C. The average Bonchev–Trinajstić information content (AvgIpc) is 3.29. The summed E-state index contributed by atoms with van der Waals surface area (Å²) in [4.78, 5) is 57.1. The van der Waals surface area contributed by atoms with E-state index in [4.69, 9.17) is 11.6 Å². The molecule has 0 spiro atoms. The van der Waals surface area contributed by atoms with Gasteiger partial charge in [0.05, 0.1) is 10.7 Å². The molecule has 2 atom stereocenters. The Morgan fingerprint density at radius 2 is 1.71 bits per heavy atom. The largest absolute Gasteiger partial charge is 0.349 e. The highest BCUT2D eigenvalue weighted by atomic mass is 35.5. The number of rotatable bonds is 8. The number of hydrogen-bond donors (Lipinski definition) is 1. The van der Waals surface area contributed by atoms with Crippen LogP contribution >= 0.6 is 11.6 Å². The van der Waals surface area contributed by atoms with Crippen LogP contribution in [0.15, 0.2) is 54.6 Å². The van der Waals surface area contributed by atoms with Gasteiger partial charge in [0.25, 0.3) is 11.8 Å². The lowest BCUT2D eigenvalue weighted by Gasteiger charge is -2.25. The van der Waals surface area contributed by atoms with E-state index in [2.05, 4.69) is 5.32 Å². The summed E-state index contributed by atoms with van der Waals surface area (Å²) < 4.78 is 1.94. The Hall–Kier alpha value is -3.91. The maximum Gasteiger partial charge on any atom is 0.328 e. The van der Waals surface area contributed by atoms with Crippen molar-refractivity contribution in [2.45, 2.75) is 59.8 Å². The van der Waals surface area contributed by atoms with Crippen LogP contribution in [0.2, 0.25) is 5.02 Å². The first kappa shape index (κ1) is 27.1. The molecule has 1 fully saturated rings. The smallest absolute Gasteiger partial charge is 0.328 e. The Balaban J connectivity index is 1.76. The zero-order valence-electron chi connectivity index (χ0n) is 22.1. The third-order valence-corrected chi connectivity index (χ3v) is 7.33. The molecule has 0 aliphatic carbocycles. The second kappa shape index (κ2) is 10.8. The second-order valence-electron chi connectivity index (χ2n) is 9.55. The number of amides is 4. The van der Waals surface area contributed by atoms with Crippen molar-refractivity contribution in [3.63, 3.8) is 0 Å². The van der Waals surface area contributed by atoms with Gasteiger partial charge in [-0.2, -0.15) is 0 Å². The number of aryl methyl sites for hydroxylation is 2. The maximum atomic E-state index is 14.0. The molecule has 1 N–H and O–H groups in total. The minimum atomic E-state index is -1.71. The third-order valence-electron chi connectivity index (χ3n) is 7.00. The first-order valence-corrected chi connectivity index (χ1v) is 12.9. The molecule has 0 radical (unpaired) electrons. The Morgan fingerprint density at radius 3 is 2.34 bits per heavy atom. The van der Waals surface area contributed by atoms with Crippen molar-refractivity contribution in [2.75, 3.05) is 5.32 Å². The normalized spacial score (nSPS) is 16.2. The van der Waals surface area contributed by atoms with E-state index in [0.29, 0.717) is 17.9 Å². The summed E-state index contributed by atoms with van der Waals surface area (Å²) in [6.07, 6.45) is 0. The molecule has 38 heavy (non-hydrogen) atoms. The predicted molar refractivity (Wildman–Crippen MR) is 146 cm³/mol. The molecule has 1 saturated heterocycles. The topological polar surface area (TPSA) is 91.7 Å². The summed E-state index contributed by atoms with van der Waals surface area (Å²) in [5.41, 5.74) is 3.75. The molecule has 9 heteroatoms. The van der Waals surface area contributed by atoms with E-state index in [0.717, 1.165) is 21.7 Å². The number of benzene rings is 2. The molecule has 2 aromatic carbocycles. The van der Waals surface area contributed by atoms with Gasteiger partial charge >= 0.3 is 6.03 Å². The third kappa shape index (κ3) is 4.96. The van der Waals surface area contributed by atoms with E-state index in [1.54, 1.807) is 38.1 Å². The molecule has 1 aliphatic heterocycles. The summed E-state index contributed by atoms with van der Waals surface area (Å²) in [6.45, 7) is 9.84. The van der Waals surface area contributed by atoms with Gasteiger partial charge in [-0.1, -0.05) is 48.0 Å². The number of ketones is 1. The number of halogens is 1. The molecule has 4 amide bonds. The standard InChI is InChI=1S/C29H31ClN4O4/c1-6-32-18(3)15-22(19(32)4)26(35)25(27(36)31-24-14-17(2)12-13-23(24)30)34-28(37)20(5)33(29(34)38)16-21-10-8-7-9-11-21/h7-15,20,25H,6,16H2,1-5H3,(H,31,36). The van der Waals surface area contributed by atoms with Crippen LogP contribution in [0.4, 0.5) is 10.5 Å². The van der Waals surface area contributed by atoms with Gasteiger partial charge in [-0.15, -0.1) is 0 Å². The quantitative estimate of drug-likeness (QED) is 0.246. The molecular weight excluding hydrogens is 504 g/mol. The molecule has 1 aliphatic rings. The molecule has 0 bridgehead atoms. The molecular formula is C29H31ClN4O4. The van der Waals surface area contributed by atoms with Gasteiger partial charge < -0.3 is 14.8 Å². The van der Waals surface area contributed by atoms with Crippen molar-refractivity contribution in [3.8, 4) is 0 Å². The Labute approximate surface area is 227 Å². The Morgan fingerprint density at radius 1 is 1.03 bits per heavy atom. The molecule has 2 heterocycles. The zero-order valence-corrected chi connectivity index (χ0v) is 22.9. The van der Waals surface area contributed by atoms with E-state index < -0.39 is 35.7 Å². The molecule has 4 rings (SSSR count). The number of nitrogens with zero attached hydrogens (tertiary/aromatic N) is 3. The fraction of sp³-hybridized carbons (Fsp3) is 0.310. The summed E-state index contributed by atoms with van der Waals surface area (Å²) in [5, 5.41) is 2.97. The number of hydrogen-bond acceptors (Lipinski definition) is 4. The van der Waals surface area contributed by atoms with Crippen LogP contribution < -0.4 is 5.32 Å². The minimum absolute atomic E-state index is 0.166. The summed E-state index contributed by atoms with van der Waals surface area (Å²) >= 11 is 6.30. The van der Waals surface area contributed by atoms with Gasteiger partial charge in [0.1, 0.15) is 6.04 Å². The lowest BCUT2D eigenvalue weighted by molar-refractivity contribution is -0.133. The van der Waals surface area contributed by atoms with Crippen molar-refractivity contribution in [1.82, 2.24) is 14.4 Å². The first-order valence-electron chi connectivity index (χ1n) is 12.5. The van der Waals surface area contributed by atoms with Crippen molar-refractivity contribution in [1.29, 1.82) is 0 Å². The number of aromatic nitrogens is 1. The number of anilines is 1. The number of urea groups is 1. The molecule has 0 saturated carbocycles. The zero-order chi connectivity index (χ0) is 27.7. The molecule has 2 unspecified atom stereocenters. The summed E-state index contributed by atoms with van der Waals surface area (Å²) in [7, 11) is 0. The van der Waals surface area contributed by atoms with Gasteiger partial charge in [-0.3, -0.25) is 14.4 Å². The molecule has 198 valence electrons. The lowest BCUT2D eigenvalue weighted by Crippen LogP contribution is -2.52. The lowest BCUT2D eigenvalue weighted by atomic mass is 10.0. The van der Waals surface area contributed by atoms with E-state index in [-0.39, 0.29) is 17.1 Å². The highest BCUT2D eigenvalue weighted by Crippen LogP contribution is 2.28. The van der Waals surface area contributed by atoms with Crippen LogP contribution in [0.5, 0.6) is 0 Å². The van der Waals surface area contributed by atoms with Gasteiger partial charge in [-0.25, -0.2) is 9.69 Å².